The SMILES string of the molecule is CC(C)(C)c1nc(Cl)c(I)o1. The van der Waals surface area contributed by atoms with Crippen molar-refractivity contribution in [2.75, 3.05) is 0 Å². The molecule has 0 spiro atoms. The van der Waals surface area contributed by atoms with E-state index in [1.54, 1.807) is 0 Å². The number of aromatic nitrogens is 1. The van der Waals surface area contributed by atoms with E-state index in [1.165, 1.54) is 0 Å². The molecule has 0 saturated heterocycles. The Morgan fingerprint density at radius 2 is 2.00 bits per heavy atom. The van der Waals surface area contributed by atoms with Gasteiger partial charge in [-0.2, -0.15) is 0 Å². The van der Waals surface area contributed by atoms with Crippen molar-refractivity contribution < 1.29 is 4.42 Å². The van der Waals surface area contributed by atoms with Gasteiger partial charge in [-0.3, -0.25) is 0 Å². The molecular weight excluding hydrogens is 276 g/mol. The van der Waals surface area contributed by atoms with Gasteiger partial charge in [0.2, 0.25) is 9.66 Å². The van der Waals surface area contributed by atoms with Gasteiger partial charge >= 0.3 is 0 Å². The van der Waals surface area contributed by atoms with E-state index < -0.39 is 0 Å². The number of nitrogens with zero attached hydrogens (tertiary/aromatic N) is 1. The molecule has 0 amide bonds. The van der Waals surface area contributed by atoms with Crippen LogP contribution in [0.2, 0.25) is 5.15 Å². The first-order valence-electron chi connectivity index (χ1n) is 3.23. The summed E-state index contributed by atoms with van der Waals surface area (Å²) in [6, 6.07) is 0. The minimum absolute atomic E-state index is 0.0624. The van der Waals surface area contributed by atoms with Gasteiger partial charge in [-0.15, -0.1) is 0 Å². The van der Waals surface area contributed by atoms with Crippen molar-refractivity contribution in [2.24, 2.45) is 0 Å². The van der Waals surface area contributed by atoms with Crippen molar-refractivity contribution in [3.63, 3.8) is 0 Å². The van der Waals surface area contributed by atoms with Crippen molar-refractivity contribution in [2.45, 2.75) is 26.2 Å². The summed E-state index contributed by atoms with van der Waals surface area (Å²) in [4.78, 5) is 4.07. The summed E-state index contributed by atoms with van der Waals surface area (Å²) in [6.45, 7) is 6.10. The van der Waals surface area contributed by atoms with Gasteiger partial charge < -0.3 is 4.42 Å². The molecule has 0 radical (unpaired) electrons. The molecule has 0 saturated carbocycles. The van der Waals surface area contributed by atoms with Crippen LogP contribution in [-0.2, 0) is 5.41 Å². The molecule has 0 aliphatic carbocycles. The van der Waals surface area contributed by atoms with Crippen molar-refractivity contribution >= 4 is 34.2 Å². The van der Waals surface area contributed by atoms with Gasteiger partial charge in [-0.05, 0) is 0 Å². The van der Waals surface area contributed by atoms with Gasteiger partial charge in [-0.1, -0.05) is 32.4 Å². The van der Waals surface area contributed by atoms with Crippen LogP contribution in [0.15, 0.2) is 4.42 Å². The summed E-state index contributed by atoms with van der Waals surface area (Å²) in [7, 11) is 0. The molecule has 11 heavy (non-hydrogen) atoms. The lowest BCUT2D eigenvalue weighted by Gasteiger charge is -2.11. The normalized spacial score (nSPS) is 12.1. The van der Waals surface area contributed by atoms with Gasteiger partial charge in [0, 0.05) is 28.0 Å². The largest absolute Gasteiger partial charge is 0.433 e. The van der Waals surface area contributed by atoms with Gasteiger partial charge in [0.1, 0.15) is 0 Å². The highest BCUT2D eigenvalue weighted by molar-refractivity contribution is 14.1. The van der Waals surface area contributed by atoms with Crippen molar-refractivity contribution in [3.8, 4) is 0 Å². The first-order chi connectivity index (χ1) is 4.91. The zero-order valence-corrected chi connectivity index (χ0v) is 9.52. The number of oxazole rings is 1. The van der Waals surface area contributed by atoms with Crippen LogP contribution in [0.4, 0.5) is 0 Å². The first-order valence-corrected chi connectivity index (χ1v) is 4.69. The van der Waals surface area contributed by atoms with Crippen LogP contribution < -0.4 is 0 Å². The molecule has 62 valence electrons. The summed E-state index contributed by atoms with van der Waals surface area (Å²) in [5.41, 5.74) is -0.0624. The van der Waals surface area contributed by atoms with Crippen LogP contribution in [0.1, 0.15) is 26.7 Å². The van der Waals surface area contributed by atoms with E-state index in [2.05, 4.69) is 4.98 Å². The van der Waals surface area contributed by atoms with Crippen LogP contribution in [0.3, 0.4) is 0 Å². The van der Waals surface area contributed by atoms with E-state index in [-0.39, 0.29) is 5.41 Å². The Kier molecular flexibility index (Phi) is 2.49. The molecule has 0 atom stereocenters. The minimum atomic E-state index is -0.0624. The summed E-state index contributed by atoms with van der Waals surface area (Å²) < 4.78 is 5.98. The second-order valence-electron chi connectivity index (χ2n) is 3.33. The van der Waals surface area contributed by atoms with Gasteiger partial charge in [0.15, 0.2) is 5.15 Å². The average Bonchev–Trinajstić information content (AvgIpc) is 2.11. The molecule has 2 nitrogen and oxygen atoms in total. The Hall–Kier alpha value is 0.230. The third-order valence-corrected chi connectivity index (χ3v) is 2.50. The number of hydrogen-bond donors (Lipinski definition) is 0. The Morgan fingerprint density at radius 1 is 1.45 bits per heavy atom. The maximum absolute atomic E-state index is 5.72. The lowest BCUT2D eigenvalue weighted by molar-refractivity contribution is 0.380. The fourth-order valence-corrected chi connectivity index (χ4v) is 1.05. The van der Waals surface area contributed by atoms with Crippen LogP contribution in [0.25, 0.3) is 0 Å². The molecule has 1 aromatic rings. The summed E-state index contributed by atoms with van der Waals surface area (Å²) in [5, 5.41) is 0.454. The molecule has 0 aliphatic heterocycles. The molecular formula is C7H9ClINO. The van der Waals surface area contributed by atoms with E-state index >= 15 is 0 Å². The highest BCUT2D eigenvalue weighted by atomic mass is 127. The Bertz CT molecular complexity index is 244. The summed E-state index contributed by atoms with van der Waals surface area (Å²) in [6.07, 6.45) is 0. The molecule has 0 N–H and O–H groups in total. The standard InChI is InChI=1S/C7H9ClINO/c1-7(2,3)6-10-4(8)5(9)11-6/h1-3H3. The number of halogens is 2. The predicted octanol–water partition coefficient (Wildman–Crippen LogP) is 3.23. The van der Waals surface area contributed by atoms with Crippen LogP contribution in [0, 0.1) is 3.77 Å². The zero-order valence-electron chi connectivity index (χ0n) is 6.61. The molecule has 0 aliphatic rings. The predicted molar refractivity (Wildman–Crippen MR) is 52.9 cm³/mol. The molecule has 0 aromatic carbocycles. The highest BCUT2D eigenvalue weighted by Gasteiger charge is 2.21. The molecule has 1 rings (SSSR count). The van der Waals surface area contributed by atoms with Crippen molar-refractivity contribution in [1.29, 1.82) is 0 Å². The number of rotatable bonds is 0. The monoisotopic (exact) mass is 285 g/mol. The van der Waals surface area contributed by atoms with Crippen LogP contribution in [-0.4, -0.2) is 4.98 Å². The third-order valence-electron chi connectivity index (χ3n) is 1.19. The fraction of sp³-hybridized carbons (Fsp3) is 0.571. The Morgan fingerprint density at radius 3 is 2.18 bits per heavy atom. The maximum Gasteiger partial charge on any atom is 0.203 e. The van der Waals surface area contributed by atoms with E-state index in [0.29, 0.717) is 14.8 Å². The molecule has 4 heteroatoms. The van der Waals surface area contributed by atoms with E-state index in [0.717, 1.165) is 0 Å². The van der Waals surface area contributed by atoms with E-state index in [4.69, 9.17) is 16.0 Å². The van der Waals surface area contributed by atoms with Crippen molar-refractivity contribution in [3.05, 3.63) is 14.8 Å². The quantitative estimate of drug-likeness (QED) is 0.684. The van der Waals surface area contributed by atoms with Gasteiger partial charge in [0.05, 0.1) is 0 Å². The average molecular weight is 286 g/mol. The lowest BCUT2D eigenvalue weighted by atomic mass is 9.97. The third kappa shape index (κ3) is 2.08. The fourth-order valence-electron chi connectivity index (χ4n) is 0.604. The van der Waals surface area contributed by atoms with Gasteiger partial charge in [-0.25, -0.2) is 4.98 Å². The second-order valence-corrected chi connectivity index (χ2v) is 4.67. The molecule has 1 aromatic heterocycles. The molecule has 0 unspecified atom stereocenters. The maximum atomic E-state index is 5.72. The smallest absolute Gasteiger partial charge is 0.203 e. The topological polar surface area (TPSA) is 26.0 Å². The van der Waals surface area contributed by atoms with Crippen LogP contribution in [0.5, 0.6) is 0 Å². The number of hydrogen-bond acceptors (Lipinski definition) is 2. The zero-order chi connectivity index (χ0) is 8.65. The summed E-state index contributed by atoms with van der Waals surface area (Å²) >= 11 is 7.75. The lowest BCUT2D eigenvalue weighted by Crippen LogP contribution is -2.11. The molecule has 0 bridgehead atoms. The van der Waals surface area contributed by atoms with E-state index in [1.807, 2.05) is 43.4 Å². The van der Waals surface area contributed by atoms with E-state index in [9.17, 15) is 0 Å². The second kappa shape index (κ2) is 2.94. The molecule has 1 heterocycles. The Balaban J connectivity index is 3.08. The first kappa shape index (κ1) is 9.32. The van der Waals surface area contributed by atoms with Gasteiger partial charge in [0.25, 0.3) is 0 Å². The molecule has 0 fully saturated rings. The summed E-state index contributed by atoms with van der Waals surface area (Å²) in [5.74, 6) is 0.687. The van der Waals surface area contributed by atoms with Crippen LogP contribution >= 0.6 is 34.2 Å². The van der Waals surface area contributed by atoms with Crippen molar-refractivity contribution in [1.82, 2.24) is 4.98 Å². The minimum Gasteiger partial charge on any atom is -0.433 e. The highest BCUT2D eigenvalue weighted by Crippen LogP contribution is 2.26. The Labute approximate surface area is 84.5 Å².